The third-order valence-electron chi connectivity index (χ3n) is 2.70. The molecular weight excluding hydrogens is 301 g/mol. The van der Waals surface area contributed by atoms with Crippen molar-refractivity contribution >= 4 is 27.3 Å². The third kappa shape index (κ3) is 3.15. The number of likely N-dealkylation sites (N-methyl/N-ethyl adjacent to an activating group) is 1. The lowest BCUT2D eigenvalue weighted by molar-refractivity contribution is 0.575. The zero-order valence-electron chi connectivity index (χ0n) is 9.41. The molecule has 1 nitrogen and oxygen atoms in total. The second-order valence-corrected chi connectivity index (χ2v) is 5.48. The SMILES string of the molecule is CNC(Cc1ccsc1)c1cc(F)ccc1Br. The normalized spacial score (nSPS) is 12.6. The predicted octanol–water partition coefficient (Wildman–Crippen LogP) is 4.15. The van der Waals surface area contributed by atoms with Crippen molar-refractivity contribution in [1.82, 2.24) is 5.32 Å². The highest BCUT2D eigenvalue weighted by Crippen LogP contribution is 2.27. The Kier molecular flexibility index (Phi) is 4.31. The van der Waals surface area contributed by atoms with Crippen LogP contribution in [0.15, 0.2) is 39.5 Å². The van der Waals surface area contributed by atoms with E-state index < -0.39 is 0 Å². The zero-order chi connectivity index (χ0) is 12.3. The molecule has 90 valence electrons. The Morgan fingerprint density at radius 1 is 1.41 bits per heavy atom. The van der Waals surface area contributed by atoms with E-state index in [2.05, 4.69) is 38.1 Å². The van der Waals surface area contributed by atoms with E-state index in [-0.39, 0.29) is 11.9 Å². The van der Waals surface area contributed by atoms with Crippen LogP contribution >= 0.6 is 27.3 Å². The number of halogens is 2. The largest absolute Gasteiger partial charge is 0.313 e. The Labute approximate surface area is 113 Å². The van der Waals surface area contributed by atoms with Crippen LogP contribution in [0.3, 0.4) is 0 Å². The Balaban J connectivity index is 2.25. The van der Waals surface area contributed by atoms with E-state index in [1.807, 2.05) is 7.05 Å². The van der Waals surface area contributed by atoms with Crippen molar-refractivity contribution in [2.45, 2.75) is 12.5 Å². The van der Waals surface area contributed by atoms with Crippen LogP contribution in [-0.4, -0.2) is 7.05 Å². The third-order valence-corrected chi connectivity index (χ3v) is 4.16. The molecule has 0 radical (unpaired) electrons. The fraction of sp³-hybridized carbons (Fsp3) is 0.231. The van der Waals surface area contributed by atoms with Gasteiger partial charge >= 0.3 is 0 Å². The molecule has 1 aromatic heterocycles. The Morgan fingerprint density at radius 3 is 2.88 bits per heavy atom. The first-order valence-corrected chi connectivity index (χ1v) is 7.07. The van der Waals surface area contributed by atoms with Gasteiger partial charge in [-0.15, -0.1) is 0 Å². The quantitative estimate of drug-likeness (QED) is 0.894. The van der Waals surface area contributed by atoms with Crippen molar-refractivity contribution in [3.8, 4) is 0 Å². The smallest absolute Gasteiger partial charge is 0.123 e. The molecule has 0 aliphatic rings. The summed E-state index contributed by atoms with van der Waals surface area (Å²) in [5.41, 5.74) is 2.23. The average molecular weight is 314 g/mol. The molecule has 4 heteroatoms. The fourth-order valence-corrected chi connectivity index (χ4v) is 3.00. The minimum Gasteiger partial charge on any atom is -0.313 e. The minimum absolute atomic E-state index is 0.120. The molecule has 1 N–H and O–H groups in total. The molecule has 1 unspecified atom stereocenters. The van der Waals surface area contributed by atoms with Crippen molar-refractivity contribution < 1.29 is 4.39 Å². The van der Waals surface area contributed by atoms with Gasteiger partial charge in [0.1, 0.15) is 5.82 Å². The Hall–Kier alpha value is -0.710. The summed E-state index contributed by atoms with van der Waals surface area (Å²) in [6, 6.07) is 7.02. The maximum absolute atomic E-state index is 13.3. The van der Waals surface area contributed by atoms with Gasteiger partial charge in [-0.1, -0.05) is 15.9 Å². The van der Waals surface area contributed by atoms with Crippen molar-refractivity contribution in [1.29, 1.82) is 0 Å². The van der Waals surface area contributed by atoms with Gasteiger partial charge in [-0.3, -0.25) is 0 Å². The second-order valence-electron chi connectivity index (χ2n) is 3.84. The second kappa shape index (κ2) is 5.76. The van der Waals surface area contributed by atoms with Gasteiger partial charge in [0, 0.05) is 10.5 Å². The van der Waals surface area contributed by atoms with Gasteiger partial charge in [0.15, 0.2) is 0 Å². The summed E-state index contributed by atoms with van der Waals surface area (Å²) in [5.74, 6) is -0.200. The van der Waals surface area contributed by atoms with Gasteiger partial charge in [-0.2, -0.15) is 11.3 Å². The minimum atomic E-state index is -0.200. The zero-order valence-corrected chi connectivity index (χ0v) is 11.8. The lowest BCUT2D eigenvalue weighted by atomic mass is 10.0. The lowest BCUT2D eigenvalue weighted by Gasteiger charge is -2.17. The molecule has 0 amide bonds. The predicted molar refractivity (Wildman–Crippen MR) is 73.9 cm³/mol. The van der Waals surface area contributed by atoms with Crippen LogP contribution in [0.2, 0.25) is 0 Å². The first kappa shape index (κ1) is 12.7. The van der Waals surface area contributed by atoms with Crippen LogP contribution in [0, 0.1) is 5.82 Å². The molecule has 0 saturated carbocycles. The summed E-state index contributed by atoms with van der Waals surface area (Å²) in [6.07, 6.45) is 0.863. The molecule has 0 fully saturated rings. The van der Waals surface area contributed by atoms with Crippen LogP contribution in [0.25, 0.3) is 0 Å². The summed E-state index contributed by atoms with van der Waals surface area (Å²) in [5, 5.41) is 7.41. The molecule has 1 atom stereocenters. The molecular formula is C13H13BrFNS. The van der Waals surface area contributed by atoms with Crippen LogP contribution in [0.1, 0.15) is 17.2 Å². The van der Waals surface area contributed by atoms with Gasteiger partial charge in [0.2, 0.25) is 0 Å². The molecule has 0 spiro atoms. The summed E-state index contributed by atoms with van der Waals surface area (Å²) in [6.45, 7) is 0. The van der Waals surface area contributed by atoms with Gasteiger partial charge in [0.05, 0.1) is 0 Å². The summed E-state index contributed by atoms with van der Waals surface area (Å²) in [4.78, 5) is 0. The number of rotatable bonds is 4. The van der Waals surface area contributed by atoms with Crippen molar-refractivity contribution in [2.24, 2.45) is 0 Å². The standard InChI is InChI=1S/C13H13BrFNS/c1-16-13(6-9-4-5-17-8-9)11-7-10(15)2-3-12(11)14/h2-5,7-8,13,16H,6H2,1H3. The van der Waals surface area contributed by atoms with Crippen molar-refractivity contribution in [2.75, 3.05) is 7.05 Å². The fourth-order valence-electron chi connectivity index (χ4n) is 1.79. The molecule has 0 aliphatic heterocycles. The number of benzene rings is 1. The van der Waals surface area contributed by atoms with Gasteiger partial charge in [-0.05, 0) is 59.6 Å². The van der Waals surface area contributed by atoms with Crippen molar-refractivity contribution in [3.63, 3.8) is 0 Å². The molecule has 17 heavy (non-hydrogen) atoms. The number of thiophene rings is 1. The molecule has 1 heterocycles. The highest BCUT2D eigenvalue weighted by molar-refractivity contribution is 9.10. The molecule has 0 bridgehead atoms. The summed E-state index contributed by atoms with van der Waals surface area (Å²) >= 11 is 5.15. The molecule has 0 aliphatic carbocycles. The van der Waals surface area contributed by atoms with Crippen LogP contribution in [0.4, 0.5) is 4.39 Å². The first-order valence-electron chi connectivity index (χ1n) is 5.34. The summed E-state index contributed by atoms with van der Waals surface area (Å²) < 4.78 is 14.2. The van der Waals surface area contributed by atoms with E-state index >= 15 is 0 Å². The van der Waals surface area contributed by atoms with Crippen LogP contribution < -0.4 is 5.32 Å². The molecule has 2 aromatic rings. The Morgan fingerprint density at radius 2 is 2.24 bits per heavy atom. The highest BCUT2D eigenvalue weighted by Gasteiger charge is 2.14. The molecule has 1 aromatic carbocycles. The Bertz CT molecular complexity index is 484. The van der Waals surface area contributed by atoms with E-state index in [1.165, 1.54) is 11.6 Å². The van der Waals surface area contributed by atoms with Gasteiger partial charge in [-0.25, -0.2) is 4.39 Å². The van der Waals surface area contributed by atoms with E-state index in [0.717, 1.165) is 16.5 Å². The van der Waals surface area contributed by atoms with E-state index in [9.17, 15) is 4.39 Å². The van der Waals surface area contributed by atoms with E-state index in [1.54, 1.807) is 23.5 Å². The maximum atomic E-state index is 13.3. The lowest BCUT2D eigenvalue weighted by Crippen LogP contribution is -2.19. The number of nitrogens with one attached hydrogen (secondary N) is 1. The average Bonchev–Trinajstić information content (AvgIpc) is 2.82. The van der Waals surface area contributed by atoms with Gasteiger partial charge in [0.25, 0.3) is 0 Å². The molecule has 2 rings (SSSR count). The van der Waals surface area contributed by atoms with E-state index in [4.69, 9.17) is 0 Å². The number of hydrogen-bond donors (Lipinski definition) is 1. The van der Waals surface area contributed by atoms with E-state index in [0.29, 0.717) is 0 Å². The summed E-state index contributed by atoms with van der Waals surface area (Å²) in [7, 11) is 1.90. The number of hydrogen-bond acceptors (Lipinski definition) is 2. The van der Waals surface area contributed by atoms with Gasteiger partial charge < -0.3 is 5.32 Å². The maximum Gasteiger partial charge on any atom is 0.123 e. The highest BCUT2D eigenvalue weighted by atomic mass is 79.9. The van der Waals surface area contributed by atoms with Crippen molar-refractivity contribution in [3.05, 3.63) is 56.4 Å². The molecule has 0 saturated heterocycles. The topological polar surface area (TPSA) is 12.0 Å². The monoisotopic (exact) mass is 313 g/mol. The van der Waals surface area contributed by atoms with Crippen LogP contribution in [-0.2, 0) is 6.42 Å². The first-order chi connectivity index (χ1) is 8.20. The van der Waals surface area contributed by atoms with Crippen LogP contribution in [0.5, 0.6) is 0 Å².